The highest BCUT2D eigenvalue weighted by Crippen LogP contribution is 2.46. The van der Waals surface area contributed by atoms with Crippen molar-refractivity contribution in [3.63, 3.8) is 0 Å². The zero-order valence-electron chi connectivity index (χ0n) is 6.39. The number of hydrogen-bond donors (Lipinski definition) is 1. The molecular formula is C8H9N3. The van der Waals surface area contributed by atoms with Gasteiger partial charge >= 0.3 is 0 Å². The van der Waals surface area contributed by atoms with E-state index >= 15 is 0 Å². The van der Waals surface area contributed by atoms with Crippen LogP contribution in [0.25, 0.3) is 0 Å². The van der Waals surface area contributed by atoms with Crippen LogP contribution in [0.4, 0.5) is 0 Å². The lowest BCUT2D eigenvalue weighted by atomic mass is 10.1. The molecule has 0 aromatic carbocycles. The fraction of sp³-hybridized carbons (Fsp3) is 0.500. The third-order valence-electron chi connectivity index (χ3n) is 2.16. The standard InChI is InChI=1S/C8H9N3/c1-6-4-7(11-10-6)8(5-9)2-3-8/h4H,2-3H2,1H3,(H,10,11). The first kappa shape index (κ1) is 6.41. The molecule has 1 aliphatic carbocycles. The van der Waals surface area contributed by atoms with Gasteiger partial charge in [-0.25, -0.2) is 0 Å². The zero-order chi connectivity index (χ0) is 7.90. The van der Waals surface area contributed by atoms with E-state index in [1.54, 1.807) is 0 Å². The molecule has 0 amide bonds. The summed E-state index contributed by atoms with van der Waals surface area (Å²) in [5, 5.41) is 15.7. The Hall–Kier alpha value is -1.30. The van der Waals surface area contributed by atoms with E-state index in [0.717, 1.165) is 24.2 Å². The Kier molecular flexibility index (Phi) is 1.08. The molecule has 1 aromatic rings. The molecule has 2 rings (SSSR count). The second-order valence-corrected chi connectivity index (χ2v) is 3.13. The molecule has 3 nitrogen and oxygen atoms in total. The van der Waals surface area contributed by atoms with E-state index < -0.39 is 0 Å². The smallest absolute Gasteiger partial charge is 0.101 e. The zero-order valence-corrected chi connectivity index (χ0v) is 6.39. The van der Waals surface area contributed by atoms with Gasteiger partial charge in [-0.2, -0.15) is 10.4 Å². The van der Waals surface area contributed by atoms with Crippen LogP contribution in [0.15, 0.2) is 6.07 Å². The highest BCUT2D eigenvalue weighted by atomic mass is 15.1. The normalized spacial score (nSPS) is 19.3. The predicted molar refractivity (Wildman–Crippen MR) is 39.8 cm³/mol. The molecule has 0 atom stereocenters. The van der Waals surface area contributed by atoms with Crippen molar-refractivity contribution in [2.45, 2.75) is 25.2 Å². The Morgan fingerprint density at radius 2 is 2.45 bits per heavy atom. The van der Waals surface area contributed by atoms with Crippen molar-refractivity contribution in [1.82, 2.24) is 10.2 Å². The van der Waals surface area contributed by atoms with Gasteiger partial charge in [0.15, 0.2) is 0 Å². The molecule has 0 spiro atoms. The maximum atomic E-state index is 8.82. The average Bonchev–Trinajstić information content (AvgIpc) is 2.70. The molecule has 0 unspecified atom stereocenters. The molecule has 56 valence electrons. The van der Waals surface area contributed by atoms with Crippen molar-refractivity contribution in [2.75, 3.05) is 0 Å². The number of nitriles is 1. The summed E-state index contributed by atoms with van der Waals surface area (Å²) in [7, 11) is 0. The third kappa shape index (κ3) is 0.829. The molecule has 11 heavy (non-hydrogen) atoms. The van der Waals surface area contributed by atoms with E-state index in [1.165, 1.54) is 0 Å². The molecule has 0 radical (unpaired) electrons. The molecule has 0 saturated heterocycles. The highest BCUT2D eigenvalue weighted by molar-refractivity contribution is 5.34. The first-order chi connectivity index (χ1) is 5.27. The first-order valence-corrected chi connectivity index (χ1v) is 3.71. The van der Waals surface area contributed by atoms with Crippen molar-refractivity contribution in [1.29, 1.82) is 5.26 Å². The summed E-state index contributed by atoms with van der Waals surface area (Å²) >= 11 is 0. The topological polar surface area (TPSA) is 52.5 Å². The van der Waals surface area contributed by atoms with Gasteiger partial charge in [0.1, 0.15) is 5.41 Å². The molecule has 1 N–H and O–H groups in total. The number of rotatable bonds is 1. The lowest BCUT2D eigenvalue weighted by molar-refractivity contribution is 0.836. The maximum Gasteiger partial charge on any atom is 0.101 e. The van der Waals surface area contributed by atoms with E-state index in [9.17, 15) is 0 Å². The van der Waals surface area contributed by atoms with E-state index in [2.05, 4.69) is 16.3 Å². The van der Waals surface area contributed by atoms with Crippen molar-refractivity contribution in [3.05, 3.63) is 17.5 Å². The largest absolute Gasteiger partial charge is 0.283 e. The summed E-state index contributed by atoms with van der Waals surface area (Å²) in [6, 6.07) is 4.25. The summed E-state index contributed by atoms with van der Waals surface area (Å²) in [6.07, 6.45) is 1.93. The molecule has 3 heteroatoms. The summed E-state index contributed by atoms with van der Waals surface area (Å²) in [5.74, 6) is 0. The Labute approximate surface area is 65.0 Å². The van der Waals surface area contributed by atoms with Gasteiger partial charge in [-0.15, -0.1) is 0 Å². The van der Waals surface area contributed by atoms with Gasteiger partial charge in [0.25, 0.3) is 0 Å². The summed E-state index contributed by atoms with van der Waals surface area (Å²) in [5.41, 5.74) is 1.71. The van der Waals surface area contributed by atoms with Crippen LogP contribution in [0, 0.1) is 18.3 Å². The van der Waals surface area contributed by atoms with E-state index in [0.29, 0.717) is 0 Å². The number of H-pyrrole nitrogens is 1. The first-order valence-electron chi connectivity index (χ1n) is 3.71. The second-order valence-electron chi connectivity index (χ2n) is 3.13. The molecule has 0 aliphatic heterocycles. The molecule has 1 aromatic heterocycles. The summed E-state index contributed by atoms with van der Waals surface area (Å²) in [6.45, 7) is 1.95. The minimum atomic E-state index is -0.231. The predicted octanol–water partition coefficient (Wildman–Crippen LogP) is 1.27. The van der Waals surface area contributed by atoms with Gasteiger partial charge in [-0.3, -0.25) is 5.10 Å². The average molecular weight is 147 g/mol. The van der Waals surface area contributed by atoms with Crippen LogP contribution in [0.3, 0.4) is 0 Å². The van der Waals surface area contributed by atoms with Gasteiger partial charge < -0.3 is 0 Å². The SMILES string of the molecule is Cc1cc(C2(C#N)CC2)n[nH]1. The van der Waals surface area contributed by atoms with Crippen molar-refractivity contribution < 1.29 is 0 Å². The van der Waals surface area contributed by atoms with Crippen LogP contribution in [0.2, 0.25) is 0 Å². The fourth-order valence-corrected chi connectivity index (χ4v) is 1.21. The highest BCUT2D eigenvalue weighted by Gasteiger charge is 2.46. The van der Waals surface area contributed by atoms with Gasteiger partial charge in [0.2, 0.25) is 0 Å². The molecule has 1 aliphatic rings. The van der Waals surface area contributed by atoms with Crippen molar-refractivity contribution >= 4 is 0 Å². The minimum Gasteiger partial charge on any atom is -0.283 e. The van der Waals surface area contributed by atoms with Crippen LogP contribution in [-0.2, 0) is 5.41 Å². The Balaban J connectivity index is 2.38. The number of nitrogens with one attached hydrogen (secondary N) is 1. The molecule has 0 bridgehead atoms. The lowest BCUT2D eigenvalue weighted by Crippen LogP contribution is -2.02. The Bertz CT molecular complexity index is 314. The molecule has 1 heterocycles. The van der Waals surface area contributed by atoms with Gasteiger partial charge in [-0.05, 0) is 25.8 Å². The second kappa shape index (κ2) is 1.85. The molecular weight excluding hydrogens is 138 g/mol. The lowest BCUT2D eigenvalue weighted by Gasteiger charge is -1.96. The minimum absolute atomic E-state index is 0.231. The van der Waals surface area contributed by atoms with Gasteiger partial charge in [-0.1, -0.05) is 0 Å². The fourth-order valence-electron chi connectivity index (χ4n) is 1.21. The Morgan fingerprint density at radius 1 is 1.73 bits per heavy atom. The van der Waals surface area contributed by atoms with Crippen LogP contribution >= 0.6 is 0 Å². The van der Waals surface area contributed by atoms with Crippen LogP contribution in [0.1, 0.15) is 24.2 Å². The number of aryl methyl sites for hydroxylation is 1. The maximum absolute atomic E-state index is 8.82. The van der Waals surface area contributed by atoms with Crippen LogP contribution in [-0.4, -0.2) is 10.2 Å². The summed E-state index contributed by atoms with van der Waals surface area (Å²) < 4.78 is 0. The van der Waals surface area contributed by atoms with Crippen LogP contribution < -0.4 is 0 Å². The monoisotopic (exact) mass is 147 g/mol. The number of aromatic nitrogens is 2. The van der Waals surface area contributed by atoms with Crippen LogP contribution in [0.5, 0.6) is 0 Å². The third-order valence-corrected chi connectivity index (χ3v) is 2.16. The van der Waals surface area contributed by atoms with Gasteiger partial charge in [0, 0.05) is 5.69 Å². The summed E-state index contributed by atoms with van der Waals surface area (Å²) in [4.78, 5) is 0. The molecule has 1 fully saturated rings. The Morgan fingerprint density at radius 3 is 2.82 bits per heavy atom. The van der Waals surface area contributed by atoms with E-state index in [-0.39, 0.29) is 5.41 Å². The number of aromatic amines is 1. The number of hydrogen-bond acceptors (Lipinski definition) is 2. The van der Waals surface area contributed by atoms with Crippen molar-refractivity contribution in [2.24, 2.45) is 0 Å². The molecule has 1 saturated carbocycles. The van der Waals surface area contributed by atoms with E-state index in [1.807, 2.05) is 13.0 Å². The number of nitrogens with zero attached hydrogens (tertiary/aromatic N) is 2. The van der Waals surface area contributed by atoms with Crippen molar-refractivity contribution in [3.8, 4) is 6.07 Å². The quantitative estimate of drug-likeness (QED) is 0.650. The van der Waals surface area contributed by atoms with Gasteiger partial charge in [0.05, 0.1) is 11.8 Å². The van der Waals surface area contributed by atoms with E-state index in [4.69, 9.17) is 5.26 Å².